The fraction of sp³-hybridized carbons (Fsp3) is 0.286. The molecular formula is C14H17N3O2. The molecule has 100 valence electrons. The molecule has 0 aliphatic carbocycles. The summed E-state index contributed by atoms with van der Waals surface area (Å²) in [6, 6.07) is 11.9. The first-order valence-electron chi connectivity index (χ1n) is 6.06. The molecule has 0 fully saturated rings. The van der Waals surface area contributed by atoms with Gasteiger partial charge in [-0.2, -0.15) is 5.10 Å². The van der Waals surface area contributed by atoms with E-state index in [1.165, 1.54) is 12.7 Å². The zero-order chi connectivity index (χ0) is 13.7. The van der Waals surface area contributed by atoms with Crippen molar-refractivity contribution < 1.29 is 9.53 Å². The van der Waals surface area contributed by atoms with Gasteiger partial charge in [0.1, 0.15) is 0 Å². The van der Waals surface area contributed by atoms with Gasteiger partial charge in [-0.15, -0.1) is 0 Å². The van der Waals surface area contributed by atoms with Crippen molar-refractivity contribution >= 4 is 5.97 Å². The monoisotopic (exact) mass is 259 g/mol. The van der Waals surface area contributed by atoms with E-state index in [2.05, 4.69) is 27.3 Å². The Labute approximate surface area is 112 Å². The molecule has 2 rings (SSSR count). The van der Waals surface area contributed by atoms with Gasteiger partial charge in [0.2, 0.25) is 0 Å². The van der Waals surface area contributed by atoms with Crippen molar-refractivity contribution in [2.45, 2.75) is 13.1 Å². The molecule has 1 aromatic carbocycles. The number of ether oxygens (including phenoxy) is 1. The maximum absolute atomic E-state index is 11.4. The van der Waals surface area contributed by atoms with E-state index < -0.39 is 5.97 Å². The summed E-state index contributed by atoms with van der Waals surface area (Å²) in [4.78, 5) is 11.4. The van der Waals surface area contributed by atoms with Gasteiger partial charge >= 0.3 is 5.97 Å². The third kappa shape index (κ3) is 3.42. The number of nitrogens with zero attached hydrogens (tertiary/aromatic N) is 2. The lowest BCUT2D eigenvalue weighted by Gasteiger charge is -2.04. The van der Waals surface area contributed by atoms with Gasteiger partial charge in [0, 0.05) is 20.1 Å². The van der Waals surface area contributed by atoms with Gasteiger partial charge in [0.15, 0.2) is 5.69 Å². The number of nitrogens with one attached hydrogen (secondary N) is 1. The molecule has 1 heterocycles. The highest BCUT2D eigenvalue weighted by Gasteiger charge is 2.12. The Kier molecular flexibility index (Phi) is 4.30. The van der Waals surface area contributed by atoms with Crippen molar-refractivity contribution in [1.82, 2.24) is 15.1 Å². The molecule has 1 aromatic heterocycles. The van der Waals surface area contributed by atoms with Crippen LogP contribution in [-0.2, 0) is 24.9 Å². The molecule has 2 aromatic rings. The zero-order valence-corrected chi connectivity index (χ0v) is 11.1. The van der Waals surface area contributed by atoms with Gasteiger partial charge in [0.05, 0.1) is 12.8 Å². The highest BCUT2D eigenvalue weighted by Crippen LogP contribution is 2.05. The zero-order valence-electron chi connectivity index (χ0n) is 11.1. The van der Waals surface area contributed by atoms with Crippen LogP contribution < -0.4 is 5.32 Å². The molecule has 0 bridgehead atoms. The molecule has 0 amide bonds. The SMILES string of the molecule is COC(=O)c1cc(CNCc2ccccc2)n(C)n1. The third-order valence-electron chi connectivity index (χ3n) is 2.85. The molecule has 0 aliphatic rings. The summed E-state index contributed by atoms with van der Waals surface area (Å²) < 4.78 is 6.33. The van der Waals surface area contributed by atoms with Crippen LogP contribution in [0.1, 0.15) is 21.7 Å². The van der Waals surface area contributed by atoms with E-state index in [0.717, 1.165) is 12.2 Å². The number of rotatable bonds is 5. The number of carbonyl (C=O) groups is 1. The van der Waals surface area contributed by atoms with Gasteiger partial charge in [-0.1, -0.05) is 30.3 Å². The minimum atomic E-state index is -0.412. The van der Waals surface area contributed by atoms with Crippen LogP contribution in [0.25, 0.3) is 0 Å². The molecule has 0 saturated carbocycles. The van der Waals surface area contributed by atoms with Crippen molar-refractivity contribution in [3.8, 4) is 0 Å². The van der Waals surface area contributed by atoms with E-state index in [0.29, 0.717) is 12.2 Å². The fourth-order valence-electron chi connectivity index (χ4n) is 1.81. The van der Waals surface area contributed by atoms with E-state index in [1.54, 1.807) is 10.7 Å². The van der Waals surface area contributed by atoms with Gasteiger partial charge in [0.25, 0.3) is 0 Å². The molecule has 5 nitrogen and oxygen atoms in total. The number of hydrogen-bond donors (Lipinski definition) is 1. The van der Waals surface area contributed by atoms with Crippen LogP contribution in [0.15, 0.2) is 36.4 Å². The first kappa shape index (κ1) is 13.3. The maximum atomic E-state index is 11.4. The molecule has 0 unspecified atom stereocenters. The highest BCUT2D eigenvalue weighted by atomic mass is 16.5. The summed E-state index contributed by atoms with van der Waals surface area (Å²) in [6.07, 6.45) is 0. The number of esters is 1. The lowest BCUT2D eigenvalue weighted by Crippen LogP contribution is -2.15. The van der Waals surface area contributed by atoms with Crippen LogP contribution in [0.4, 0.5) is 0 Å². The Balaban J connectivity index is 1.93. The van der Waals surface area contributed by atoms with Crippen LogP contribution in [0.5, 0.6) is 0 Å². The summed E-state index contributed by atoms with van der Waals surface area (Å²) in [5.74, 6) is -0.412. The van der Waals surface area contributed by atoms with Crippen LogP contribution in [0.2, 0.25) is 0 Å². The van der Waals surface area contributed by atoms with Crippen LogP contribution >= 0.6 is 0 Å². The first-order valence-corrected chi connectivity index (χ1v) is 6.06. The predicted molar refractivity (Wildman–Crippen MR) is 71.5 cm³/mol. The number of aryl methyl sites for hydroxylation is 1. The smallest absolute Gasteiger partial charge is 0.358 e. The van der Waals surface area contributed by atoms with Crippen LogP contribution in [-0.4, -0.2) is 22.9 Å². The molecule has 1 N–H and O–H groups in total. The Bertz CT molecular complexity index is 549. The number of methoxy groups -OCH3 is 1. The van der Waals surface area contributed by atoms with Crippen molar-refractivity contribution in [2.75, 3.05) is 7.11 Å². The maximum Gasteiger partial charge on any atom is 0.358 e. The Morgan fingerprint density at radius 3 is 2.74 bits per heavy atom. The summed E-state index contributed by atoms with van der Waals surface area (Å²) in [5, 5.41) is 7.43. The number of benzene rings is 1. The Morgan fingerprint density at radius 1 is 1.32 bits per heavy atom. The van der Waals surface area contributed by atoms with Gasteiger partial charge in [-0.3, -0.25) is 4.68 Å². The number of carbonyl (C=O) groups excluding carboxylic acids is 1. The third-order valence-corrected chi connectivity index (χ3v) is 2.85. The minimum Gasteiger partial charge on any atom is -0.464 e. The van der Waals surface area contributed by atoms with E-state index in [9.17, 15) is 4.79 Å². The quantitative estimate of drug-likeness (QED) is 0.827. The molecule has 0 aliphatic heterocycles. The second-order valence-electron chi connectivity index (χ2n) is 4.23. The largest absolute Gasteiger partial charge is 0.464 e. The van der Waals surface area contributed by atoms with Gasteiger partial charge in [-0.05, 0) is 11.6 Å². The van der Waals surface area contributed by atoms with Gasteiger partial charge in [-0.25, -0.2) is 4.79 Å². The van der Waals surface area contributed by atoms with E-state index in [-0.39, 0.29) is 0 Å². The predicted octanol–water partition coefficient (Wildman–Crippen LogP) is 1.50. The lowest BCUT2D eigenvalue weighted by molar-refractivity contribution is 0.0593. The average Bonchev–Trinajstić information content (AvgIpc) is 2.81. The van der Waals surface area contributed by atoms with Crippen molar-refractivity contribution in [3.63, 3.8) is 0 Å². The fourth-order valence-corrected chi connectivity index (χ4v) is 1.81. The summed E-state index contributed by atoms with van der Waals surface area (Å²) >= 11 is 0. The second-order valence-corrected chi connectivity index (χ2v) is 4.23. The molecule has 0 spiro atoms. The summed E-state index contributed by atoms with van der Waals surface area (Å²) in [5.41, 5.74) is 2.50. The van der Waals surface area contributed by atoms with Gasteiger partial charge < -0.3 is 10.1 Å². The standard InChI is InChI=1S/C14H17N3O2/c1-17-12(8-13(16-17)14(18)19-2)10-15-9-11-6-4-3-5-7-11/h3-8,15H,9-10H2,1-2H3. The summed E-state index contributed by atoms with van der Waals surface area (Å²) in [7, 11) is 3.16. The Morgan fingerprint density at radius 2 is 2.05 bits per heavy atom. The summed E-state index contributed by atoms with van der Waals surface area (Å²) in [6.45, 7) is 1.43. The Hall–Kier alpha value is -2.14. The molecule has 0 atom stereocenters. The number of aromatic nitrogens is 2. The van der Waals surface area contributed by atoms with E-state index in [4.69, 9.17) is 0 Å². The van der Waals surface area contributed by atoms with Crippen molar-refractivity contribution in [2.24, 2.45) is 7.05 Å². The second kappa shape index (κ2) is 6.15. The molecule has 0 saturated heterocycles. The molecule has 5 heteroatoms. The molecule has 19 heavy (non-hydrogen) atoms. The van der Waals surface area contributed by atoms with E-state index >= 15 is 0 Å². The molecule has 0 radical (unpaired) electrons. The average molecular weight is 259 g/mol. The van der Waals surface area contributed by atoms with Crippen LogP contribution in [0.3, 0.4) is 0 Å². The van der Waals surface area contributed by atoms with Crippen molar-refractivity contribution in [1.29, 1.82) is 0 Å². The minimum absolute atomic E-state index is 0.335. The molecular weight excluding hydrogens is 242 g/mol. The number of hydrogen-bond acceptors (Lipinski definition) is 4. The first-order chi connectivity index (χ1) is 9.20. The normalized spacial score (nSPS) is 10.4. The lowest BCUT2D eigenvalue weighted by atomic mass is 10.2. The van der Waals surface area contributed by atoms with Crippen LogP contribution in [0, 0.1) is 0 Å². The van der Waals surface area contributed by atoms with Crippen molar-refractivity contribution in [3.05, 3.63) is 53.3 Å². The highest BCUT2D eigenvalue weighted by molar-refractivity contribution is 5.87. The van der Waals surface area contributed by atoms with E-state index in [1.807, 2.05) is 25.2 Å². The topological polar surface area (TPSA) is 56.1 Å².